The van der Waals surface area contributed by atoms with Gasteiger partial charge in [-0.25, -0.2) is 0 Å². The molecule has 154 valence electrons. The van der Waals surface area contributed by atoms with Crippen molar-refractivity contribution < 1.29 is 4.79 Å². The monoisotopic (exact) mass is 402 g/mol. The van der Waals surface area contributed by atoms with Crippen LogP contribution in [0.3, 0.4) is 0 Å². The zero-order chi connectivity index (χ0) is 20.9. The Morgan fingerprint density at radius 1 is 1.21 bits per heavy atom. The first-order chi connectivity index (χ1) is 13.4. The Morgan fingerprint density at radius 2 is 1.89 bits per heavy atom. The van der Waals surface area contributed by atoms with E-state index in [0.29, 0.717) is 12.3 Å². The lowest BCUT2D eigenvalue weighted by Gasteiger charge is -2.23. The van der Waals surface area contributed by atoms with Crippen molar-refractivity contribution in [1.29, 1.82) is 0 Å². The summed E-state index contributed by atoms with van der Waals surface area (Å²) >= 11 is 4.08. The summed E-state index contributed by atoms with van der Waals surface area (Å²) in [6, 6.07) is 7.93. The average Bonchev–Trinajstić information content (AvgIpc) is 2.72. The Bertz CT molecular complexity index is 682. The van der Waals surface area contributed by atoms with Gasteiger partial charge >= 0.3 is 0 Å². The van der Waals surface area contributed by atoms with Crippen LogP contribution in [0.25, 0.3) is 6.08 Å². The van der Waals surface area contributed by atoms with E-state index in [1.165, 1.54) is 0 Å². The summed E-state index contributed by atoms with van der Waals surface area (Å²) in [5.41, 5.74) is 9.19. The van der Waals surface area contributed by atoms with Crippen molar-refractivity contribution >= 4 is 30.3 Å². The molecule has 0 radical (unpaired) electrons. The molecule has 1 atom stereocenters. The minimum Gasteiger partial charge on any atom is -0.394 e. The second-order valence-corrected chi connectivity index (χ2v) is 7.02. The highest BCUT2D eigenvalue weighted by atomic mass is 32.1. The maximum absolute atomic E-state index is 12.0. The van der Waals surface area contributed by atoms with E-state index in [1.54, 1.807) is 11.9 Å². The van der Waals surface area contributed by atoms with Gasteiger partial charge in [0, 0.05) is 45.7 Å². The molecule has 1 aromatic rings. The van der Waals surface area contributed by atoms with Gasteiger partial charge in [0.05, 0.1) is 6.04 Å². The van der Waals surface area contributed by atoms with Crippen LogP contribution in [0.5, 0.6) is 0 Å². The molecule has 0 bridgehead atoms. The third-order valence-corrected chi connectivity index (χ3v) is 4.85. The van der Waals surface area contributed by atoms with Crippen molar-refractivity contribution in [3.05, 3.63) is 59.8 Å². The molecule has 1 unspecified atom stereocenters. The quantitative estimate of drug-likeness (QED) is 0.393. The average molecular weight is 403 g/mol. The highest BCUT2D eigenvalue weighted by molar-refractivity contribution is 7.80. The molecular weight excluding hydrogens is 368 g/mol. The summed E-state index contributed by atoms with van der Waals surface area (Å²) in [4.78, 5) is 15.8. The summed E-state index contributed by atoms with van der Waals surface area (Å²) in [5, 5.41) is 3.00. The van der Waals surface area contributed by atoms with E-state index in [-0.39, 0.29) is 5.91 Å². The molecule has 0 saturated carbocycles. The fourth-order valence-corrected chi connectivity index (χ4v) is 2.76. The van der Waals surface area contributed by atoms with Crippen LogP contribution in [-0.2, 0) is 4.79 Å². The first-order valence-corrected chi connectivity index (χ1v) is 10.2. The molecule has 1 aromatic carbocycles. The SMILES string of the molecule is C/C=C(\C=C/NC)/C=C/c1ccc(N(C)CCCN(C)C(=O)C(N)CS)cc1. The van der Waals surface area contributed by atoms with Crippen molar-refractivity contribution in [2.24, 2.45) is 5.73 Å². The third kappa shape index (κ3) is 8.23. The van der Waals surface area contributed by atoms with E-state index in [0.717, 1.165) is 29.8 Å². The number of thiol groups is 1. The lowest BCUT2D eigenvalue weighted by Crippen LogP contribution is -2.43. The normalized spacial score (nSPS) is 13.1. The highest BCUT2D eigenvalue weighted by Crippen LogP contribution is 2.16. The van der Waals surface area contributed by atoms with Crippen LogP contribution in [0.15, 0.2) is 54.3 Å². The molecule has 1 rings (SSSR count). The number of nitrogens with zero attached hydrogens (tertiary/aromatic N) is 2. The minimum atomic E-state index is -0.525. The number of hydrogen-bond acceptors (Lipinski definition) is 5. The van der Waals surface area contributed by atoms with Gasteiger partial charge in [-0.2, -0.15) is 12.6 Å². The summed E-state index contributed by atoms with van der Waals surface area (Å²) in [5.74, 6) is 0.310. The molecule has 6 heteroatoms. The standard InChI is InChI=1S/C22H34N4OS/c1-5-18(13-14-24-2)7-8-19-9-11-20(12-10-19)25(3)15-6-16-26(4)22(27)21(23)17-28/h5,7-14,21,24,28H,6,15-17,23H2,1-4H3/b8-7+,14-13-,18-5-. The number of anilines is 1. The molecule has 0 aromatic heterocycles. The van der Waals surface area contributed by atoms with Crippen LogP contribution < -0.4 is 16.0 Å². The topological polar surface area (TPSA) is 61.6 Å². The maximum Gasteiger partial charge on any atom is 0.240 e. The molecule has 0 saturated heterocycles. The molecule has 3 N–H and O–H groups in total. The number of nitrogens with two attached hydrogens (primary N) is 1. The number of allylic oxidation sites excluding steroid dienone is 4. The van der Waals surface area contributed by atoms with Gasteiger partial charge in [-0.05, 0) is 48.9 Å². The van der Waals surface area contributed by atoms with Crippen molar-refractivity contribution in [3.8, 4) is 0 Å². The summed E-state index contributed by atoms with van der Waals surface area (Å²) in [6.07, 6.45) is 11.1. The van der Waals surface area contributed by atoms with Crippen molar-refractivity contribution in [1.82, 2.24) is 10.2 Å². The predicted molar refractivity (Wildman–Crippen MR) is 125 cm³/mol. The number of amides is 1. The number of rotatable bonds is 11. The van der Waals surface area contributed by atoms with E-state index in [4.69, 9.17) is 5.73 Å². The van der Waals surface area contributed by atoms with Gasteiger partial charge < -0.3 is 20.9 Å². The van der Waals surface area contributed by atoms with E-state index >= 15 is 0 Å². The molecule has 0 heterocycles. The van der Waals surface area contributed by atoms with Crippen molar-refractivity contribution in [2.75, 3.05) is 44.9 Å². The molecular formula is C22H34N4OS. The number of hydrogen-bond donors (Lipinski definition) is 3. The smallest absolute Gasteiger partial charge is 0.240 e. The highest BCUT2D eigenvalue weighted by Gasteiger charge is 2.16. The van der Waals surface area contributed by atoms with E-state index in [9.17, 15) is 4.79 Å². The van der Waals surface area contributed by atoms with Gasteiger partial charge in [0.25, 0.3) is 0 Å². The van der Waals surface area contributed by atoms with Crippen LogP contribution in [0.1, 0.15) is 18.9 Å². The number of carbonyl (C=O) groups is 1. The molecule has 28 heavy (non-hydrogen) atoms. The van der Waals surface area contributed by atoms with Crippen LogP contribution in [0.2, 0.25) is 0 Å². The second-order valence-electron chi connectivity index (χ2n) is 6.66. The van der Waals surface area contributed by atoms with Gasteiger partial charge in [0.2, 0.25) is 5.91 Å². The molecule has 0 spiro atoms. The number of nitrogens with one attached hydrogen (secondary N) is 1. The molecule has 0 aliphatic heterocycles. The minimum absolute atomic E-state index is 0.0566. The van der Waals surface area contributed by atoms with Crippen molar-refractivity contribution in [2.45, 2.75) is 19.4 Å². The van der Waals surface area contributed by atoms with Gasteiger partial charge in [-0.15, -0.1) is 0 Å². The fourth-order valence-electron chi connectivity index (χ4n) is 2.61. The van der Waals surface area contributed by atoms with Crippen LogP contribution >= 0.6 is 12.6 Å². The summed E-state index contributed by atoms with van der Waals surface area (Å²) in [7, 11) is 5.74. The van der Waals surface area contributed by atoms with E-state index < -0.39 is 6.04 Å². The number of benzene rings is 1. The zero-order valence-electron chi connectivity index (χ0n) is 17.4. The Hall–Kier alpha value is -2.18. The van der Waals surface area contributed by atoms with Gasteiger partial charge in [-0.1, -0.05) is 30.4 Å². The summed E-state index contributed by atoms with van der Waals surface area (Å²) in [6.45, 7) is 3.56. The van der Waals surface area contributed by atoms with E-state index in [1.807, 2.05) is 26.2 Å². The molecule has 5 nitrogen and oxygen atoms in total. The first kappa shape index (κ1) is 23.9. The molecule has 0 fully saturated rings. The largest absolute Gasteiger partial charge is 0.394 e. The van der Waals surface area contributed by atoms with Crippen LogP contribution in [-0.4, -0.2) is 56.8 Å². The van der Waals surface area contributed by atoms with Crippen LogP contribution in [0.4, 0.5) is 5.69 Å². The fraction of sp³-hybridized carbons (Fsp3) is 0.409. The molecule has 1 amide bonds. The second kappa shape index (κ2) is 13.1. The molecule has 0 aliphatic rings. The van der Waals surface area contributed by atoms with Crippen molar-refractivity contribution in [3.63, 3.8) is 0 Å². The molecule has 0 aliphatic carbocycles. The Balaban J connectivity index is 2.54. The van der Waals surface area contributed by atoms with E-state index in [2.05, 4.69) is 72.4 Å². The van der Waals surface area contributed by atoms with Gasteiger partial charge in [0.15, 0.2) is 0 Å². The lowest BCUT2D eigenvalue weighted by atomic mass is 10.1. The first-order valence-electron chi connectivity index (χ1n) is 9.53. The number of carbonyl (C=O) groups excluding carboxylic acids is 1. The number of likely N-dealkylation sites (N-methyl/N-ethyl adjacent to an activating group) is 1. The van der Waals surface area contributed by atoms with Crippen LogP contribution in [0, 0.1) is 0 Å². The predicted octanol–water partition coefficient (Wildman–Crippen LogP) is 2.92. The summed E-state index contributed by atoms with van der Waals surface area (Å²) < 4.78 is 0. The zero-order valence-corrected chi connectivity index (χ0v) is 18.3. The third-order valence-electron chi connectivity index (χ3n) is 4.46. The van der Waals surface area contributed by atoms with Gasteiger partial charge in [-0.3, -0.25) is 4.79 Å². The Kier molecular flexibility index (Phi) is 11.1. The maximum atomic E-state index is 12.0. The van der Waals surface area contributed by atoms with Gasteiger partial charge in [0.1, 0.15) is 0 Å². The lowest BCUT2D eigenvalue weighted by molar-refractivity contribution is -0.130. The Morgan fingerprint density at radius 3 is 2.46 bits per heavy atom. The Labute approximate surface area is 175 Å².